The maximum atomic E-state index is 14.1. The van der Waals surface area contributed by atoms with Crippen LogP contribution in [0, 0.1) is 18.2 Å². The number of aliphatic hydroxyl groups excluding tert-OH is 1. The van der Waals surface area contributed by atoms with Crippen LogP contribution < -0.4 is 0 Å². The van der Waals surface area contributed by atoms with E-state index < -0.39 is 6.10 Å². The van der Waals surface area contributed by atoms with Crippen LogP contribution in [0.3, 0.4) is 0 Å². The van der Waals surface area contributed by atoms with Crippen LogP contribution in [0.25, 0.3) is 5.69 Å². The number of aromatic nitrogens is 1. The molecule has 106 valence electrons. The van der Waals surface area contributed by atoms with Gasteiger partial charge in [0.2, 0.25) is 0 Å². The molecule has 0 saturated carbocycles. The molecule has 1 atom stereocenters. The second-order valence-corrected chi connectivity index (χ2v) is 6.60. The number of hydrogen-bond acceptors (Lipinski definition) is 1. The van der Waals surface area contributed by atoms with Gasteiger partial charge >= 0.3 is 0 Å². The Morgan fingerprint density at radius 2 is 2.05 bits per heavy atom. The van der Waals surface area contributed by atoms with Crippen LogP contribution in [0.2, 0.25) is 0 Å². The first-order chi connectivity index (χ1) is 9.37. The molecule has 1 unspecified atom stereocenters. The molecule has 3 rings (SSSR count). The van der Waals surface area contributed by atoms with Crippen molar-refractivity contribution < 1.29 is 9.50 Å². The number of hydrogen-bond donors (Lipinski definition) is 1. The van der Waals surface area contributed by atoms with Gasteiger partial charge in [-0.1, -0.05) is 19.9 Å². The van der Waals surface area contributed by atoms with Crippen LogP contribution in [-0.2, 0) is 6.42 Å². The topological polar surface area (TPSA) is 25.2 Å². The van der Waals surface area contributed by atoms with E-state index in [1.165, 1.54) is 6.07 Å². The molecule has 1 heterocycles. The summed E-state index contributed by atoms with van der Waals surface area (Å²) in [6, 6.07) is 7.04. The molecule has 0 saturated heterocycles. The molecule has 0 bridgehead atoms. The molecule has 0 spiro atoms. The van der Waals surface area contributed by atoms with Gasteiger partial charge in [-0.25, -0.2) is 4.39 Å². The van der Waals surface area contributed by atoms with E-state index in [0.29, 0.717) is 5.69 Å². The van der Waals surface area contributed by atoms with Crippen molar-refractivity contribution in [3.63, 3.8) is 0 Å². The van der Waals surface area contributed by atoms with Crippen LogP contribution in [0.1, 0.15) is 43.2 Å². The van der Waals surface area contributed by atoms with E-state index in [1.807, 2.05) is 29.8 Å². The van der Waals surface area contributed by atoms with Crippen LogP contribution in [0.4, 0.5) is 4.39 Å². The average Bonchev–Trinajstić information content (AvgIpc) is 2.74. The minimum atomic E-state index is -0.456. The molecule has 1 aromatic heterocycles. The van der Waals surface area contributed by atoms with E-state index in [2.05, 4.69) is 13.8 Å². The van der Waals surface area contributed by atoms with Gasteiger partial charge in [-0.15, -0.1) is 0 Å². The van der Waals surface area contributed by atoms with Gasteiger partial charge in [-0.05, 0) is 48.9 Å². The number of aryl methyl sites for hydroxylation is 1. The number of rotatable bonds is 1. The number of benzene rings is 1. The minimum absolute atomic E-state index is 0.0306. The van der Waals surface area contributed by atoms with Crippen LogP contribution >= 0.6 is 0 Å². The smallest absolute Gasteiger partial charge is 0.147 e. The lowest BCUT2D eigenvalue weighted by molar-refractivity contribution is 0.0986. The molecule has 0 radical (unpaired) electrons. The van der Waals surface area contributed by atoms with Crippen molar-refractivity contribution in [1.29, 1.82) is 0 Å². The Bertz CT molecular complexity index is 657. The molecule has 0 amide bonds. The van der Waals surface area contributed by atoms with Crippen LogP contribution in [0.5, 0.6) is 0 Å². The van der Waals surface area contributed by atoms with Crippen molar-refractivity contribution in [2.75, 3.05) is 0 Å². The van der Waals surface area contributed by atoms with E-state index >= 15 is 0 Å². The first-order valence-corrected chi connectivity index (χ1v) is 7.02. The molecular formula is C17H20FNO. The molecule has 1 aliphatic carbocycles. The molecule has 2 nitrogen and oxygen atoms in total. The summed E-state index contributed by atoms with van der Waals surface area (Å²) in [6.45, 7) is 6.24. The van der Waals surface area contributed by atoms with Crippen LogP contribution in [0.15, 0.2) is 30.5 Å². The van der Waals surface area contributed by atoms with Gasteiger partial charge in [0.1, 0.15) is 5.82 Å². The average molecular weight is 273 g/mol. The maximum Gasteiger partial charge on any atom is 0.147 e. The van der Waals surface area contributed by atoms with Crippen molar-refractivity contribution in [3.8, 4) is 5.69 Å². The highest BCUT2D eigenvalue weighted by Crippen LogP contribution is 2.42. The lowest BCUT2D eigenvalue weighted by Gasteiger charge is -2.34. The predicted molar refractivity (Wildman–Crippen MR) is 77.5 cm³/mol. The quantitative estimate of drug-likeness (QED) is 0.836. The zero-order chi connectivity index (χ0) is 14.5. The van der Waals surface area contributed by atoms with Gasteiger partial charge in [-0.3, -0.25) is 0 Å². The van der Waals surface area contributed by atoms with Gasteiger partial charge < -0.3 is 9.67 Å². The Morgan fingerprint density at radius 1 is 1.30 bits per heavy atom. The monoisotopic (exact) mass is 273 g/mol. The van der Waals surface area contributed by atoms with Crippen molar-refractivity contribution in [3.05, 3.63) is 53.1 Å². The minimum Gasteiger partial charge on any atom is -0.388 e. The second-order valence-electron chi connectivity index (χ2n) is 6.60. The highest BCUT2D eigenvalue weighted by Gasteiger charge is 2.33. The third kappa shape index (κ3) is 2.16. The lowest BCUT2D eigenvalue weighted by Crippen LogP contribution is -2.26. The Morgan fingerprint density at radius 3 is 2.80 bits per heavy atom. The Hall–Kier alpha value is -1.61. The van der Waals surface area contributed by atoms with Gasteiger partial charge in [0.05, 0.1) is 11.8 Å². The summed E-state index contributed by atoms with van der Waals surface area (Å²) >= 11 is 0. The molecule has 1 N–H and O–H groups in total. The summed E-state index contributed by atoms with van der Waals surface area (Å²) in [5, 5.41) is 10.3. The maximum absolute atomic E-state index is 14.1. The number of fused-ring (bicyclic) bond motifs is 1. The van der Waals surface area contributed by atoms with Crippen molar-refractivity contribution in [1.82, 2.24) is 4.57 Å². The molecule has 0 fully saturated rings. The first kappa shape index (κ1) is 13.4. The second kappa shape index (κ2) is 4.45. The zero-order valence-electron chi connectivity index (χ0n) is 12.2. The SMILES string of the molecule is Cc1ccc(F)c(-n2ccc3c2CC(C)(C)CC3O)c1. The molecule has 20 heavy (non-hydrogen) atoms. The Labute approximate surface area is 118 Å². The number of aliphatic hydroxyl groups is 1. The molecular weight excluding hydrogens is 253 g/mol. The summed E-state index contributed by atoms with van der Waals surface area (Å²) in [4.78, 5) is 0. The third-order valence-electron chi connectivity index (χ3n) is 4.14. The normalized spacial score (nSPS) is 20.8. The van der Waals surface area contributed by atoms with E-state index in [9.17, 15) is 9.50 Å². The summed E-state index contributed by atoms with van der Waals surface area (Å²) < 4.78 is 16.0. The number of nitrogens with zero attached hydrogens (tertiary/aromatic N) is 1. The highest BCUT2D eigenvalue weighted by molar-refractivity contribution is 5.43. The van der Waals surface area contributed by atoms with Gasteiger partial charge in [-0.2, -0.15) is 0 Å². The highest BCUT2D eigenvalue weighted by atomic mass is 19.1. The molecule has 1 aliphatic rings. The van der Waals surface area contributed by atoms with E-state index in [1.54, 1.807) is 6.07 Å². The largest absolute Gasteiger partial charge is 0.388 e. The van der Waals surface area contributed by atoms with E-state index in [-0.39, 0.29) is 11.2 Å². The first-order valence-electron chi connectivity index (χ1n) is 7.02. The summed E-state index contributed by atoms with van der Waals surface area (Å²) in [5.74, 6) is -0.230. The van der Waals surface area contributed by atoms with Gasteiger partial charge in [0, 0.05) is 17.5 Å². The Kier molecular flexibility index (Phi) is 2.98. The summed E-state index contributed by atoms with van der Waals surface area (Å²) in [7, 11) is 0. The van der Waals surface area contributed by atoms with Crippen molar-refractivity contribution >= 4 is 0 Å². The van der Waals surface area contributed by atoms with E-state index in [4.69, 9.17) is 0 Å². The third-order valence-corrected chi connectivity index (χ3v) is 4.14. The Balaban J connectivity index is 2.16. The zero-order valence-corrected chi connectivity index (χ0v) is 12.2. The summed E-state index contributed by atoms with van der Waals surface area (Å²) in [6.07, 6.45) is 3.01. The predicted octanol–water partition coefficient (Wildman–Crippen LogP) is 3.93. The van der Waals surface area contributed by atoms with Crippen molar-refractivity contribution in [2.24, 2.45) is 5.41 Å². The van der Waals surface area contributed by atoms with Gasteiger partial charge in [0.15, 0.2) is 0 Å². The fourth-order valence-corrected chi connectivity index (χ4v) is 3.16. The molecule has 1 aromatic carbocycles. The molecule has 2 aromatic rings. The summed E-state index contributed by atoms with van der Waals surface area (Å²) in [5.41, 5.74) is 3.59. The van der Waals surface area contributed by atoms with Gasteiger partial charge in [0.25, 0.3) is 0 Å². The van der Waals surface area contributed by atoms with Crippen LogP contribution in [-0.4, -0.2) is 9.67 Å². The standard InChI is InChI=1S/C17H20FNO/c1-11-4-5-13(18)14(8-11)19-7-6-12-15(19)9-17(2,3)10-16(12)20/h4-8,16,20H,9-10H2,1-3H3. The lowest BCUT2D eigenvalue weighted by atomic mass is 9.75. The molecule has 0 aliphatic heterocycles. The van der Waals surface area contributed by atoms with E-state index in [0.717, 1.165) is 29.7 Å². The molecule has 3 heteroatoms. The van der Waals surface area contributed by atoms with Crippen molar-refractivity contribution in [2.45, 2.75) is 39.7 Å². The number of halogens is 1. The fourth-order valence-electron chi connectivity index (χ4n) is 3.16. The fraction of sp³-hybridized carbons (Fsp3) is 0.412.